The average Bonchev–Trinajstić information content (AvgIpc) is 3.61. The van der Waals surface area contributed by atoms with E-state index in [-0.39, 0.29) is 0 Å². The third kappa shape index (κ3) is 4.51. The highest BCUT2D eigenvalue weighted by molar-refractivity contribution is 5.95. The maximum Gasteiger partial charge on any atom is 0.161 e. The predicted octanol–water partition coefficient (Wildman–Crippen LogP) is 7.44. The Labute approximate surface area is 232 Å². The van der Waals surface area contributed by atoms with Gasteiger partial charge in [0, 0.05) is 29.2 Å². The number of hydrogen-bond donors (Lipinski definition) is 3. The molecule has 5 aromatic heterocycles. The number of fused-ring (bicyclic) bond motifs is 2. The fourth-order valence-corrected chi connectivity index (χ4v) is 5.66. The van der Waals surface area contributed by atoms with Gasteiger partial charge in [0.2, 0.25) is 0 Å². The standard InChI is InChI=1S/C32H30N8/c1-19-7-6-10-22(15-19)28-29-26(13-14-34-28)37-32(38-29)31-30-27(39-40-31)12-11-25(36-30)23-16-24(18-33-17-23)35-20(2)21-8-4-3-5-9-21/h6-7,10-18,21,35H,2-5,8-9H2,1H3,(H,37,38)(H,39,40). The van der Waals surface area contributed by atoms with Crippen LogP contribution in [0, 0.1) is 12.8 Å². The molecule has 1 aromatic carbocycles. The van der Waals surface area contributed by atoms with Crippen molar-refractivity contribution in [3.63, 3.8) is 0 Å². The molecular formula is C32H30N8. The van der Waals surface area contributed by atoms with E-state index in [9.17, 15) is 0 Å². The summed E-state index contributed by atoms with van der Waals surface area (Å²) < 4.78 is 0. The molecule has 1 aliphatic rings. The van der Waals surface area contributed by atoms with E-state index in [1.165, 1.54) is 37.7 Å². The maximum atomic E-state index is 4.99. The van der Waals surface area contributed by atoms with Gasteiger partial charge in [0.05, 0.1) is 34.3 Å². The quantitative estimate of drug-likeness (QED) is 0.208. The molecule has 1 fully saturated rings. The number of imidazole rings is 1. The van der Waals surface area contributed by atoms with Crippen LogP contribution in [0.3, 0.4) is 0 Å². The Morgan fingerprint density at radius 2 is 1.77 bits per heavy atom. The van der Waals surface area contributed by atoms with Gasteiger partial charge in [-0.2, -0.15) is 5.10 Å². The molecule has 198 valence electrons. The monoisotopic (exact) mass is 526 g/mol. The summed E-state index contributed by atoms with van der Waals surface area (Å²) in [4.78, 5) is 22.5. The summed E-state index contributed by atoms with van der Waals surface area (Å²) >= 11 is 0. The first-order chi connectivity index (χ1) is 19.6. The molecule has 7 rings (SSSR count). The minimum absolute atomic E-state index is 0.519. The second-order valence-electron chi connectivity index (χ2n) is 10.6. The molecule has 0 saturated heterocycles. The van der Waals surface area contributed by atoms with Crippen LogP contribution in [-0.4, -0.2) is 35.1 Å². The van der Waals surface area contributed by atoms with Crippen molar-refractivity contribution < 1.29 is 0 Å². The normalized spacial score (nSPS) is 14.1. The number of rotatable bonds is 6. The van der Waals surface area contributed by atoms with E-state index in [2.05, 4.69) is 68.2 Å². The molecule has 8 heteroatoms. The zero-order chi connectivity index (χ0) is 27.1. The number of nitrogens with zero attached hydrogens (tertiary/aromatic N) is 5. The Bertz CT molecular complexity index is 1860. The molecule has 0 spiro atoms. The fraction of sp³-hybridized carbons (Fsp3) is 0.219. The van der Waals surface area contributed by atoms with Crippen LogP contribution in [0.4, 0.5) is 5.69 Å². The summed E-state index contributed by atoms with van der Waals surface area (Å²) in [5.74, 6) is 1.16. The number of hydrogen-bond acceptors (Lipinski definition) is 6. The Balaban J connectivity index is 1.23. The second-order valence-corrected chi connectivity index (χ2v) is 10.6. The second kappa shape index (κ2) is 10.0. The molecule has 3 N–H and O–H groups in total. The van der Waals surface area contributed by atoms with Gasteiger partial charge in [-0.1, -0.05) is 49.6 Å². The number of aromatic amines is 2. The van der Waals surface area contributed by atoms with Crippen LogP contribution < -0.4 is 5.32 Å². The number of benzene rings is 1. The van der Waals surface area contributed by atoms with Crippen molar-refractivity contribution in [2.45, 2.75) is 39.0 Å². The number of aromatic nitrogens is 7. The van der Waals surface area contributed by atoms with E-state index in [0.717, 1.165) is 56.0 Å². The van der Waals surface area contributed by atoms with Gasteiger partial charge in [-0.05, 0) is 56.0 Å². The van der Waals surface area contributed by atoms with Crippen molar-refractivity contribution >= 4 is 27.8 Å². The molecule has 1 saturated carbocycles. The van der Waals surface area contributed by atoms with Gasteiger partial charge in [-0.15, -0.1) is 0 Å². The summed E-state index contributed by atoms with van der Waals surface area (Å²) in [6.45, 7) is 6.40. The lowest BCUT2D eigenvalue weighted by molar-refractivity contribution is 0.405. The zero-order valence-electron chi connectivity index (χ0n) is 22.4. The van der Waals surface area contributed by atoms with Crippen LogP contribution in [0.25, 0.3) is 56.1 Å². The van der Waals surface area contributed by atoms with Crippen molar-refractivity contribution in [1.82, 2.24) is 35.1 Å². The van der Waals surface area contributed by atoms with Crippen molar-refractivity contribution in [2.75, 3.05) is 5.32 Å². The van der Waals surface area contributed by atoms with Crippen molar-refractivity contribution in [2.24, 2.45) is 5.92 Å². The first-order valence-electron chi connectivity index (χ1n) is 13.8. The molecule has 1 aliphatic carbocycles. The highest BCUT2D eigenvalue weighted by Gasteiger charge is 2.19. The van der Waals surface area contributed by atoms with Crippen LogP contribution in [0.15, 0.2) is 79.4 Å². The maximum absolute atomic E-state index is 4.99. The fourth-order valence-electron chi connectivity index (χ4n) is 5.66. The minimum Gasteiger partial charge on any atom is -0.358 e. The molecular weight excluding hydrogens is 496 g/mol. The number of pyridine rings is 3. The van der Waals surface area contributed by atoms with Crippen molar-refractivity contribution in [3.05, 3.63) is 85.0 Å². The first-order valence-corrected chi connectivity index (χ1v) is 13.8. The third-order valence-electron chi connectivity index (χ3n) is 7.76. The van der Waals surface area contributed by atoms with E-state index < -0.39 is 0 Å². The molecule has 0 radical (unpaired) electrons. The van der Waals surface area contributed by atoms with Gasteiger partial charge in [-0.3, -0.25) is 15.1 Å². The minimum atomic E-state index is 0.519. The number of anilines is 1. The van der Waals surface area contributed by atoms with Gasteiger partial charge in [0.1, 0.15) is 11.0 Å². The summed E-state index contributed by atoms with van der Waals surface area (Å²) in [6.07, 6.45) is 11.7. The van der Waals surface area contributed by atoms with Gasteiger partial charge in [0.15, 0.2) is 11.5 Å². The van der Waals surface area contributed by atoms with Gasteiger partial charge in [0.25, 0.3) is 0 Å². The molecule has 0 bridgehead atoms. The van der Waals surface area contributed by atoms with E-state index in [1.54, 1.807) is 6.20 Å². The van der Waals surface area contributed by atoms with E-state index in [0.29, 0.717) is 17.4 Å². The van der Waals surface area contributed by atoms with Crippen LogP contribution in [0.2, 0.25) is 0 Å². The number of aryl methyl sites for hydroxylation is 1. The van der Waals surface area contributed by atoms with E-state index in [1.807, 2.05) is 36.7 Å². The Hall–Kier alpha value is -4.85. The lowest BCUT2D eigenvalue weighted by Crippen LogP contribution is -2.14. The number of allylic oxidation sites excluding steroid dienone is 1. The average molecular weight is 527 g/mol. The number of nitrogens with one attached hydrogen (secondary N) is 3. The van der Waals surface area contributed by atoms with E-state index >= 15 is 0 Å². The lowest BCUT2D eigenvalue weighted by Gasteiger charge is -2.24. The molecule has 5 heterocycles. The molecule has 40 heavy (non-hydrogen) atoms. The molecule has 0 aliphatic heterocycles. The summed E-state index contributed by atoms with van der Waals surface area (Å²) in [6, 6.07) is 16.3. The highest BCUT2D eigenvalue weighted by Crippen LogP contribution is 2.32. The van der Waals surface area contributed by atoms with Crippen molar-refractivity contribution in [3.8, 4) is 34.0 Å². The van der Waals surface area contributed by atoms with Gasteiger partial charge < -0.3 is 10.3 Å². The molecule has 0 atom stereocenters. The molecule has 0 amide bonds. The Morgan fingerprint density at radius 1 is 0.900 bits per heavy atom. The molecule has 0 unspecified atom stereocenters. The summed E-state index contributed by atoms with van der Waals surface area (Å²) in [5.41, 5.74) is 10.7. The van der Waals surface area contributed by atoms with Crippen LogP contribution in [-0.2, 0) is 0 Å². The largest absolute Gasteiger partial charge is 0.358 e. The van der Waals surface area contributed by atoms with Crippen LogP contribution >= 0.6 is 0 Å². The zero-order valence-corrected chi connectivity index (χ0v) is 22.4. The van der Waals surface area contributed by atoms with Gasteiger partial charge in [-0.25, -0.2) is 9.97 Å². The van der Waals surface area contributed by atoms with Crippen molar-refractivity contribution in [1.29, 1.82) is 0 Å². The smallest absolute Gasteiger partial charge is 0.161 e. The topological polar surface area (TPSA) is 108 Å². The number of H-pyrrole nitrogens is 2. The first kappa shape index (κ1) is 24.2. The lowest BCUT2D eigenvalue weighted by atomic mass is 9.87. The third-order valence-corrected chi connectivity index (χ3v) is 7.76. The molecule has 8 nitrogen and oxygen atoms in total. The summed E-state index contributed by atoms with van der Waals surface area (Å²) in [7, 11) is 0. The Morgan fingerprint density at radius 3 is 2.65 bits per heavy atom. The van der Waals surface area contributed by atoms with Crippen LogP contribution in [0.5, 0.6) is 0 Å². The SMILES string of the molecule is C=C(Nc1cncc(-c2ccc3[nH]nc(-c4nc5c(-c6cccc(C)c6)nccc5[nH]4)c3n2)c1)C1CCCCC1. The Kier molecular flexibility index (Phi) is 6.07. The van der Waals surface area contributed by atoms with Crippen LogP contribution in [0.1, 0.15) is 37.7 Å². The predicted molar refractivity (Wildman–Crippen MR) is 160 cm³/mol. The summed E-state index contributed by atoms with van der Waals surface area (Å²) in [5, 5.41) is 11.2. The van der Waals surface area contributed by atoms with Gasteiger partial charge >= 0.3 is 0 Å². The molecule has 6 aromatic rings. The van der Waals surface area contributed by atoms with E-state index in [4.69, 9.17) is 9.97 Å². The highest BCUT2D eigenvalue weighted by atomic mass is 15.2.